The maximum atomic E-state index is 7.18. The van der Waals surface area contributed by atoms with Gasteiger partial charge in [-0.15, -0.1) is 0 Å². The zero-order valence-electron chi connectivity index (χ0n) is 5.12. The molecule has 1 N–H and O–H groups in total. The first-order chi connectivity index (χ1) is 3.27. The summed E-state index contributed by atoms with van der Waals surface area (Å²) in [6.45, 7) is 4.21. The third-order valence-electron chi connectivity index (χ3n) is 0.905. The van der Waals surface area contributed by atoms with Crippen LogP contribution in [-0.2, 0) is 0 Å². The minimum Gasteiger partial charge on any atom is -0.322 e. The second-order valence-corrected chi connectivity index (χ2v) is 3.94. The van der Waals surface area contributed by atoms with Crippen molar-refractivity contribution in [3.05, 3.63) is 0 Å². The SMILES string of the molecule is CCCC[PH](C)=N. The summed E-state index contributed by atoms with van der Waals surface area (Å²) in [6, 6.07) is 0. The first-order valence-electron chi connectivity index (χ1n) is 2.81. The van der Waals surface area contributed by atoms with Crippen LogP contribution >= 0.6 is 7.71 Å². The van der Waals surface area contributed by atoms with Crippen molar-refractivity contribution in [2.24, 2.45) is 0 Å². The van der Waals surface area contributed by atoms with E-state index in [1.807, 2.05) is 6.66 Å². The summed E-state index contributed by atoms with van der Waals surface area (Å²) in [4.78, 5) is 0. The standard InChI is InChI=1S/C5H14NP/c1-3-4-5-7(2)6/h6-7H,3-5H2,1-2H3. The minimum atomic E-state index is -0.647. The van der Waals surface area contributed by atoms with Crippen LogP contribution < -0.4 is 0 Å². The molecule has 0 rings (SSSR count). The van der Waals surface area contributed by atoms with Gasteiger partial charge in [0.2, 0.25) is 0 Å². The Kier molecular flexibility index (Phi) is 4.53. The molecule has 0 bridgehead atoms. The van der Waals surface area contributed by atoms with E-state index in [9.17, 15) is 0 Å². The first kappa shape index (κ1) is 7.23. The van der Waals surface area contributed by atoms with Gasteiger partial charge in [-0.3, -0.25) is 0 Å². The lowest BCUT2D eigenvalue weighted by Gasteiger charge is -1.91. The van der Waals surface area contributed by atoms with Crippen LogP contribution in [0.25, 0.3) is 0 Å². The smallest absolute Gasteiger partial charge is 0.0206 e. The summed E-state index contributed by atoms with van der Waals surface area (Å²) >= 11 is 0. The van der Waals surface area contributed by atoms with Crippen molar-refractivity contribution in [1.29, 1.82) is 5.16 Å². The molecule has 0 aliphatic heterocycles. The molecular formula is C5H14NP. The molecule has 0 aliphatic carbocycles. The average Bonchev–Trinajstić information content (AvgIpc) is 1.61. The van der Waals surface area contributed by atoms with Gasteiger partial charge in [-0.05, 0) is 27.0 Å². The molecule has 1 atom stereocenters. The zero-order valence-corrected chi connectivity index (χ0v) is 6.12. The fraction of sp³-hybridized carbons (Fsp3) is 1.00. The number of hydrogen-bond donors (Lipinski definition) is 1. The number of rotatable bonds is 3. The van der Waals surface area contributed by atoms with Gasteiger partial charge in [0.1, 0.15) is 0 Å². The topological polar surface area (TPSA) is 23.9 Å². The van der Waals surface area contributed by atoms with Crippen LogP contribution in [0.2, 0.25) is 0 Å². The van der Waals surface area contributed by atoms with Gasteiger partial charge in [0.25, 0.3) is 0 Å². The van der Waals surface area contributed by atoms with Crippen LogP contribution in [0.3, 0.4) is 0 Å². The Hall–Kier alpha value is 0.230. The molecule has 0 aliphatic rings. The van der Waals surface area contributed by atoms with Gasteiger partial charge in [0, 0.05) is 0 Å². The lowest BCUT2D eigenvalue weighted by molar-refractivity contribution is 0.892. The highest BCUT2D eigenvalue weighted by atomic mass is 31.1. The van der Waals surface area contributed by atoms with Gasteiger partial charge in [-0.25, -0.2) is 0 Å². The number of nitrogens with one attached hydrogen (secondary N) is 1. The Morgan fingerprint density at radius 2 is 2.14 bits per heavy atom. The third-order valence-corrected chi connectivity index (χ3v) is 2.01. The van der Waals surface area contributed by atoms with Crippen LogP contribution in [0.4, 0.5) is 0 Å². The third kappa shape index (κ3) is 6.23. The van der Waals surface area contributed by atoms with Gasteiger partial charge in [-0.2, -0.15) is 0 Å². The van der Waals surface area contributed by atoms with E-state index in [0.29, 0.717) is 0 Å². The minimum absolute atomic E-state index is 0.647. The van der Waals surface area contributed by atoms with Gasteiger partial charge in [-0.1, -0.05) is 13.3 Å². The lowest BCUT2D eigenvalue weighted by Crippen LogP contribution is -1.72. The molecule has 0 saturated carbocycles. The maximum Gasteiger partial charge on any atom is -0.0206 e. The van der Waals surface area contributed by atoms with E-state index in [0.717, 1.165) is 0 Å². The van der Waals surface area contributed by atoms with Gasteiger partial charge in [0.15, 0.2) is 0 Å². The van der Waals surface area contributed by atoms with E-state index in [2.05, 4.69) is 6.92 Å². The fourth-order valence-electron chi connectivity index (χ4n) is 0.442. The summed E-state index contributed by atoms with van der Waals surface area (Å²) in [5, 5.41) is 7.18. The van der Waals surface area contributed by atoms with Gasteiger partial charge < -0.3 is 5.16 Å². The van der Waals surface area contributed by atoms with E-state index in [-0.39, 0.29) is 0 Å². The normalized spacial score (nSPS) is 14.0. The molecular weight excluding hydrogens is 105 g/mol. The van der Waals surface area contributed by atoms with Crippen molar-refractivity contribution >= 4 is 7.71 Å². The summed E-state index contributed by atoms with van der Waals surface area (Å²) < 4.78 is 0. The molecule has 44 valence electrons. The molecule has 2 heteroatoms. The van der Waals surface area contributed by atoms with Crippen molar-refractivity contribution in [1.82, 2.24) is 0 Å². The predicted octanol–water partition coefficient (Wildman–Crippen LogP) is 2.39. The Labute approximate surface area is 46.4 Å². The molecule has 1 nitrogen and oxygen atoms in total. The highest BCUT2D eigenvalue weighted by molar-refractivity contribution is 7.44. The molecule has 1 unspecified atom stereocenters. The molecule has 0 spiro atoms. The van der Waals surface area contributed by atoms with Gasteiger partial charge >= 0.3 is 0 Å². The Balaban J connectivity index is 2.82. The first-order valence-corrected chi connectivity index (χ1v) is 5.02. The number of hydrogen-bond acceptors (Lipinski definition) is 1. The lowest BCUT2D eigenvalue weighted by atomic mass is 10.4. The molecule has 0 saturated heterocycles. The molecule has 0 radical (unpaired) electrons. The van der Waals surface area contributed by atoms with E-state index < -0.39 is 7.71 Å². The summed E-state index contributed by atoms with van der Waals surface area (Å²) in [5.74, 6) is 0. The van der Waals surface area contributed by atoms with Crippen LogP contribution in [-0.4, -0.2) is 12.8 Å². The van der Waals surface area contributed by atoms with E-state index in [1.165, 1.54) is 19.0 Å². The van der Waals surface area contributed by atoms with Crippen LogP contribution in [0.1, 0.15) is 19.8 Å². The molecule has 7 heavy (non-hydrogen) atoms. The molecule has 0 fully saturated rings. The van der Waals surface area contributed by atoms with Crippen LogP contribution in [0.15, 0.2) is 0 Å². The molecule has 0 aromatic heterocycles. The molecule has 0 amide bonds. The van der Waals surface area contributed by atoms with E-state index in [4.69, 9.17) is 5.16 Å². The van der Waals surface area contributed by atoms with Crippen LogP contribution in [0.5, 0.6) is 0 Å². The van der Waals surface area contributed by atoms with Crippen molar-refractivity contribution in [2.75, 3.05) is 12.8 Å². The summed E-state index contributed by atoms with van der Waals surface area (Å²) in [7, 11) is -0.647. The summed E-state index contributed by atoms with van der Waals surface area (Å²) in [6.07, 6.45) is 3.68. The molecule has 0 aromatic rings. The molecule has 0 aromatic carbocycles. The largest absolute Gasteiger partial charge is 0.322 e. The average molecular weight is 119 g/mol. The van der Waals surface area contributed by atoms with Crippen molar-refractivity contribution < 1.29 is 0 Å². The number of unbranched alkanes of at least 4 members (excludes halogenated alkanes) is 1. The summed E-state index contributed by atoms with van der Waals surface area (Å²) in [5.41, 5.74) is 0. The maximum absolute atomic E-state index is 7.18. The Bertz CT molecular complexity index is 61.1. The second kappa shape index (κ2) is 4.39. The van der Waals surface area contributed by atoms with Crippen molar-refractivity contribution in [3.63, 3.8) is 0 Å². The van der Waals surface area contributed by atoms with Crippen molar-refractivity contribution in [3.8, 4) is 0 Å². The van der Waals surface area contributed by atoms with Crippen molar-refractivity contribution in [2.45, 2.75) is 19.8 Å². The highest BCUT2D eigenvalue weighted by Gasteiger charge is 1.81. The second-order valence-electron chi connectivity index (χ2n) is 1.88. The van der Waals surface area contributed by atoms with E-state index >= 15 is 0 Å². The van der Waals surface area contributed by atoms with E-state index in [1.54, 1.807) is 0 Å². The van der Waals surface area contributed by atoms with Crippen LogP contribution in [0, 0.1) is 5.16 Å². The molecule has 0 heterocycles. The quantitative estimate of drug-likeness (QED) is 0.551. The fourth-order valence-corrected chi connectivity index (χ4v) is 1.33. The Morgan fingerprint density at radius 3 is 2.29 bits per heavy atom. The zero-order chi connectivity index (χ0) is 5.70. The van der Waals surface area contributed by atoms with Gasteiger partial charge in [0.05, 0.1) is 0 Å². The Morgan fingerprint density at radius 1 is 1.57 bits per heavy atom. The predicted molar refractivity (Wildman–Crippen MR) is 36.7 cm³/mol. The highest BCUT2D eigenvalue weighted by Crippen LogP contribution is 2.15. The monoisotopic (exact) mass is 119 g/mol.